The van der Waals surface area contributed by atoms with Crippen LogP contribution in [0.5, 0.6) is 0 Å². The quantitative estimate of drug-likeness (QED) is 0.476. The fraction of sp³-hybridized carbons (Fsp3) is 0.889. The summed E-state index contributed by atoms with van der Waals surface area (Å²) < 4.78 is 5.54. The molecule has 0 saturated heterocycles. The van der Waals surface area contributed by atoms with Crippen LogP contribution in [-0.2, 0) is 9.53 Å². The van der Waals surface area contributed by atoms with E-state index < -0.39 is 0 Å². The van der Waals surface area contributed by atoms with Crippen LogP contribution >= 0.6 is 0 Å². The molecule has 0 atom stereocenters. The molecule has 0 N–H and O–H groups in total. The van der Waals surface area contributed by atoms with Crippen LogP contribution in [0.15, 0.2) is 4.99 Å². The minimum absolute atomic E-state index is 0.145. The van der Waals surface area contributed by atoms with E-state index in [-0.39, 0.29) is 11.1 Å². The molecular formula is C9H15NO2. The van der Waals surface area contributed by atoms with Crippen molar-refractivity contribution >= 4 is 6.08 Å². The van der Waals surface area contributed by atoms with Crippen LogP contribution in [0.3, 0.4) is 0 Å². The Morgan fingerprint density at radius 3 is 2.42 bits per heavy atom. The van der Waals surface area contributed by atoms with Crippen LogP contribution in [0.4, 0.5) is 0 Å². The molecule has 1 aliphatic carbocycles. The Morgan fingerprint density at radius 1 is 1.50 bits per heavy atom. The molecule has 0 heterocycles. The molecule has 1 rings (SSSR count). The van der Waals surface area contributed by atoms with Crippen LogP contribution in [0.25, 0.3) is 0 Å². The van der Waals surface area contributed by atoms with Crippen LogP contribution in [0.1, 0.15) is 33.6 Å². The first-order valence-corrected chi connectivity index (χ1v) is 4.20. The third kappa shape index (κ3) is 2.76. The van der Waals surface area contributed by atoms with Crippen molar-refractivity contribution in [3.63, 3.8) is 0 Å². The van der Waals surface area contributed by atoms with Gasteiger partial charge >= 0.3 is 0 Å². The second-order valence-corrected chi connectivity index (χ2v) is 4.33. The predicted molar refractivity (Wildman–Crippen MR) is 45.8 cm³/mol. The third-order valence-electron chi connectivity index (χ3n) is 1.88. The fourth-order valence-corrected chi connectivity index (χ4v) is 0.880. The Balaban J connectivity index is 2.37. The molecule has 0 aliphatic heterocycles. The molecule has 3 nitrogen and oxygen atoms in total. The molecule has 68 valence electrons. The number of hydrogen-bond donors (Lipinski definition) is 0. The zero-order chi connectivity index (χ0) is 9.24. The highest BCUT2D eigenvalue weighted by molar-refractivity contribution is 5.36. The maximum absolute atomic E-state index is 10.0. The van der Waals surface area contributed by atoms with Gasteiger partial charge in [-0.05, 0) is 33.6 Å². The van der Waals surface area contributed by atoms with Gasteiger partial charge in [0.1, 0.15) is 0 Å². The maximum Gasteiger partial charge on any atom is 0.235 e. The van der Waals surface area contributed by atoms with Crippen LogP contribution < -0.4 is 0 Å². The highest BCUT2D eigenvalue weighted by Crippen LogP contribution is 2.40. The summed E-state index contributed by atoms with van der Waals surface area (Å²) in [5.74, 6) is 0. The van der Waals surface area contributed by atoms with Crippen LogP contribution in [-0.4, -0.2) is 23.8 Å². The van der Waals surface area contributed by atoms with Crippen molar-refractivity contribution in [2.45, 2.75) is 44.8 Å². The zero-order valence-corrected chi connectivity index (χ0v) is 7.89. The smallest absolute Gasteiger partial charge is 0.235 e. The lowest BCUT2D eigenvalue weighted by Crippen LogP contribution is -2.26. The van der Waals surface area contributed by atoms with Gasteiger partial charge < -0.3 is 4.74 Å². The predicted octanol–water partition coefficient (Wildman–Crippen LogP) is 1.67. The first kappa shape index (κ1) is 9.43. The molecule has 1 fully saturated rings. The van der Waals surface area contributed by atoms with Gasteiger partial charge in [0, 0.05) is 0 Å². The molecule has 3 heteroatoms. The standard InChI is InChI=1S/C9H15NO2/c1-8(2,3)12-6-9(4-5-9)10-7-11/h4-6H2,1-3H3. The molecule has 0 unspecified atom stereocenters. The lowest BCUT2D eigenvalue weighted by Gasteiger charge is -2.21. The van der Waals surface area contributed by atoms with Crippen molar-refractivity contribution < 1.29 is 9.53 Å². The highest BCUT2D eigenvalue weighted by Gasteiger charge is 2.44. The normalized spacial score (nSPS) is 19.9. The second-order valence-electron chi connectivity index (χ2n) is 4.33. The van der Waals surface area contributed by atoms with Gasteiger partial charge in [0.2, 0.25) is 6.08 Å². The molecule has 0 radical (unpaired) electrons. The van der Waals surface area contributed by atoms with Crippen molar-refractivity contribution in [3.05, 3.63) is 0 Å². The van der Waals surface area contributed by atoms with E-state index in [1.807, 2.05) is 20.8 Å². The minimum Gasteiger partial charge on any atom is -0.373 e. The molecule has 0 aromatic carbocycles. The monoisotopic (exact) mass is 169 g/mol. The number of hydrogen-bond acceptors (Lipinski definition) is 3. The number of rotatable bonds is 3. The summed E-state index contributed by atoms with van der Waals surface area (Å²) in [6.45, 7) is 6.53. The summed E-state index contributed by atoms with van der Waals surface area (Å²) in [7, 11) is 0. The average molecular weight is 169 g/mol. The number of aliphatic imine (C=N–C) groups is 1. The topological polar surface area (TPSA) is 38.7 Å². The minimum atomic E-state index is -0.213. The fourth-order valence-electron chi connectivity index (χ4n) is 0.880. The zero-order valence-electron chi connectivity index (χ0n) is 7.89. The van der Waals surface area contributed by atoms with E-state index in [9.17, 15) is 4.79 Å². The van der Waals surface area contributed by atoms with Gasteiger partial charge in [-0.1, -0.05) is 0 Å². The number of isocyanates is 1. The molecule has 0 bridgehead atoms. The van der Waals surface area contributed by atoms with Gasteiger partial charge in [0.15, 0.2) is 0 Å². The summed E-state index contributed by atoms with van der Waals surface area (Å²) in [6, 6.07) is 0. The van der Waals surface area contributed by atoms with Gasteiger partial charge in [0.25, 0.3) is 0 Å². The number of carbonyl (C=O) groups excluding carboxylic acids is 1. The summed E-state index contributed by atoms with van der Waals surface area (Å²) >= 11 is 0. The van der Waals surface area contributed by atoms with Gasteiger partial charge in [0.05, 0.1) is 17.7 Å². The van der Waals surface area contributed by atoms with Crippen LogP contribution in [0, 0.1) is 0 Å². The van der Waals surface area contributed by atoms with E-state index in [1.54, 1.807) is 6.08 Å². The Morgan fingerprint density at radius 2 is 2.08 bits per heavy atom. The maximum atomic E-state index is 10.0. The Kier molecular flexibility index (Phi) is 2.36. The molecule has 0 spiro atoms. The van der Waals surface area contributed by atoms with E-state index in [2.05, 4.69) is 4.99 Å². The SMILES string of the molecule is CC(C)(C)OCC1(N=C=O)CC1. The molecule has 1 aliphatic rings. The van der Waals surface area contributed by atoms with Crippen molar-refractivity contribution in [2.75, 3.05) is 6.61 Å². The number of ether oxygens (including phenoxy) is 1. The third-order valence-corrected chi connectivity index (χ3v) is 1.88. The molecule has 0 aromatic heterocycles. The van der Waals surface area contributed by atoms with E-state index in [0.29, 0.717) is 6.61 Å². The van der Waals surface area contributed by atoms with Gasteiger partial charge in [-0.3, -0.25) is 0 Å². The van der Waals surface area contributed by atoms with E-state index >= 15 is 0 Å². The largest absolute Gasteiger partial charge is 0.373 e. The van der Waals surface area contributed by atoms with E-state index in [1.165, 1.54) is 0 Å². The Hall–Kier alpha value is -0.660. The lowest BCUT2D eigenvalue weighted by atomic mass is 10.2. The summed E-state index contributed by atoms with van der Waals surface area (Å²) in [4.78, 5) is 13.8. The van der Waals surface area contributed by atoms with Crippen molar-refractivity contribution in [1.82, 2.24) is 0 Å². The Labute approximate surface area is 72.8 Å². The molecule has 12 heavy (non-hydrogen) atoms. The highest BCUT2D eigenvalue weighted by atomic mass is 16.5. The van der Waals surface area contributed by atoms with E-state index in [4.69, 9.17) is 4.74 Å². The Bertz CT molecular complexity index is 207. The molecule has 1 saturated carbocycles. The average Bonchev–Trinajstić information content (AvgIpc) is 2.65. The van der Waals surface area contributed by atoms with Gasteiger partial charge in [-0.2, -0.15) is 4.99 Å². The van der Waals surface area contributed by atoms with Crippen molar-refractivity contribution in [1.29, 1.82) is 0 Å². The van der Waals surface area contributed by atoms with Crippen molar-refractivity contribution in [2.24, 2.45) is 4.99 Å². The molecular weight excluding hydrogens is 154 g/mol. The van der Waals surface area contributed by atoms with Gasteiger partial charge in [-0.15, -0.1) is 0 Å². The summed E-state index contributed by atoms with van der Waals surface area (Å²) in [5.41, 5.74) is -0.358. The first-order chi connectivity index (χ1) is 5.47. The molecule has 0 amide bonds. The first-order valence-electron chi connectivity index (χ1n) is 4.20. The lowest BCUT2D eigenvalue weighted by molar-refractivity contribution is -0.0132. The summed E-state index contributed by atoms with van der Waals surface area (Å²) in [6.07, 6.45) is 3.52. The summed E-state index contributed by atoms with van der Waals surface area (Å²) in [5, 5.41) is 0. The van der Waals surface area contributed by atoms with Crippen LogP contribution in [0.2, 0.25) is 0 Å². The van der Waals surface area contributed by atoms with Crippen molar-refractivity contribution in [3.8, 4) is 0 Å². The number of nitrogens with zero attached hydrogens (tertiary/aromatic N) is 1. The van der Waals surface area contributed by atoms with E-state index in [0.717, 1.165) is 12.8 Å². The molecule has 0 aromatic rings. The second kappa shape index (κ2) is 3.00. The van der Waals surface area contributed by atoms with Gasteiger partial charge in [-0.25, -0.2) is 4.79 Å².